The number of hydrogen-bond donors (Lipinski definition) is 1. The van der Waals surface area contributed by atoms with Crippen LogP contribution in [-0.4, -0.2) is 72.7 Å². The lowest BCUT2D eigenvalue weighted by Crippen LogP contribution is -2.46. The normalized spacial score (nSPS) is 15.6. The standard InChI is InChI=1S/C21H30N4O3/c1-3-24-11-13-25(14-12-24)10-6-9-22-20(26)16-28-19-15-21(27)23(2)18-8-5-4-7-17(18)19/h4-5,7-8,15H,3,6,9-14,16H2,1-2H3,(H,22,26). The van der Waals surface area contributed by atoms with Crippen LogP contribution in [-0.2, 0) is 11.8 Å². The summed E-state index contributed by atoms with van der Waals surface area (Å²) in [6, 6.07) is 8.95. The molecular weight excluding hydrogens is 356 g/mol. The fourth-order valence-corrected chi connectivity index (χ4v) is 3.55. The van der Waals surface area contributed by atoms with Gasteiger partial charge in [-0.1, -0.05) is 19.1 Å². The molecule has 3 rings (SSSR count). The van der Waals surface area contributed by atoms with E-state index in [0.717, 1.165) is 56.6 Å². The summed E-state index contributed by atoms with van der Waals surface area (Å²) in [7, 11) is 1.73. The summed E-state index contributed by atoms with van der Waals surface area (Å²) < 4.78 is 7.22. The quantitative estimate of drug-likeness (QED) is 0.688. The number of amides is 1. The van der Waals surface area contributed by atoms with E-state index in [1.54, 1.807) is 11.6 Å². The molecule has 0 unspecified atom stereocenters. The third-order valence-corrected chi connectivity index (χ3v) is 5.36. The lowest BCUT2D eigenvalue weighted by molar-refractivity contribution is -0.123. The van der Waals surface area contributed by atoms with Crippen molar-refractivity contribution < 1.29 is 9.53 Å². The molecular formula is C21H30N4O3. The van der Waals surface area contributed by atoms with Gasteiger partial charge >= 0.3 is 0 Å². The molecule has 1 saturated heterocycles. The molecule has 0 aliphatic carbocycles. The fourth-order valence-electron chi connectivity index (χ4n) is 3.55. The number of aromatic nitrogens is 1. The van der Waals surface area contributed by atoms with Crippen molar-refractivity contribution in [3.8, 4) is 5.75 Å². The minimum Gasteiger partial charge on any atom is -0.483 e. The van der Waals surface area contributed by atoms with Gasteiger partial charge in [0, 0.05) is 51.2 Å². The van der Waals surface area contributed by atoms with E-state index in [9.17, 15) is 9.59 Å². The first-order chi connectivity index (χ1) is 13.6. The SMILES string of the molecule is CCN1CCN(CCCNC(=O)COc2cc(=O)n(C)c3ccccc23)CC1. The molecule has 1 aliphatic heterocycles. The third-order valence-electron chi connectivity index (χ3n) is 5.36. The van der Waals surface area contributed by atoms with Crippen LogP contribution >= 0.6 is 0 Å². The van der Waals surface area contributed by atoms with Gasteiger partial charge in [0.2, 0.25) is 0 Å². The number of piperazine rings is 1. The molecule has 7 heteroatoms. The second-order valence-electron chi connectivity index (χ2n) is 7.19. The first-order valence-corrected chi connectivity index (χ1v) is 10.0. The number of hydrogen-bond acceptors (Lipinski definition) is 5. The van der Waals surface area contributed by atoms with Crippen molar-refractivity contribution in [2.45, 2.75) is 13.3 Å². The van der Waals surface area contributed by atoms with Gasteiger partial charge in [0.25, 0.3) is 11.5 Å². The highest BCUT2D eigenvalue weighted by atomic mass is 16.5. The highest BCUT2D eigenvalue weighted by molar-refractivity contribution is 5.86. The summed E-state index contributed by atoms with van der Waals surface area (Å²) in [5.41, 5.74) is 0.630. The summed E-state index contributed by atoms with van der Waals surface area (Å²) in [6.45, 7) is 9.30. The van der Waals surface area contributed by atoms with E-state index >= 15 is 0 Å². The van der Waals surface area contributed by atoms with Crippen molar-refractivity contribution in [2.24, 2.45) is 7.05 Å². The Morgan fingerprint density at radius 3 is 2.61 bits per heavy atom. The number of carbonyl (C=O) groups excluding carboxylic acids is 1. The van der Waals surface area contributed by atoms with Gasteiger partial charge in [0.1, 0.15) is 5.75 Å². The summed E-state index contributed by atoms with van der Waals surface area (Å²) >= 11 is 0. The van der Waals surface area contributed by atoms with Crippen LogP contribution in [0.2, 0.25) is 0 Å². The van der Waals surface area contributed by atoms with E-state index in [4.69, 9.17) is 4.74 Å². The Hall–Kier alpha value is -2.38. The maximum absolute atomic E-state index is 12.1. The van der Waals surface area contributed by atoms with Crippen LogP contribution in [0.4, 0.5) is 0 Å². The molecule has 2 aromatic rings. The van der Waals surface area contributed by atoms with Crippen molar-refractivity contribution in [3.63, 3.8) is 0 Å². The van der Waals surface area contributed by atoms with Gasteiger partial charge < -0.3 is 24.4 Å². The number of ether oxygens (including phenoxy) is 1. The molecule has 0 radical (unpaired) electrons. The zero-order valence-corrected chi connectivity index (χ0v) is 16.8. The lowest BCUT2D eigenvalue weighted by atomic mass is 10.2. The van der Waals surface area contributed by atoms with Crippen LogP contribution in [0.1, 0.15) is 13.3 Å². The number of rotatable bonds is 8. The number of likely N-dealkylation sites (N-methyl/N-ethyl adjacent to an activating group) is 1. The Bertz CT molecular complexity index is 856. The fraction of sp³-hybridized carbons (Fsp3) is 0.524. The van der Waals surface area contributed by atoms with Gasteiger partial charge in [-0.3, -0.25) is 9.59 Å². The van der Waals surface area contributed by atoms with Crippen molar-refractivity contribution in [3.05, 3.63) is 40.7 Å². The van der Waals surface area contributed by atoms with E-state index in [1.807, 2.05) is 24.3 Å². The summed E-state index contributed by atoms with van der Waals surface area (Å²) in [5.74, 6) is 0.281. The smallest absolute Gasteiger partial charge is 0.257 e. The molecule has 1 N–H and O–H groups in total. The molecule has 152 valence electrons. The van der Waals surface area contributed by atoms with Gasteiger partial charge in [0.15, 0.2) is 6.61 Å². The highest BCUT2D eigenvalue weighted by Crippen LogP contribution is 2.22. The van der Waals surface area contributed by atoms with Gasteiger partial charge in [-0.05, 0) is 31.6 Å². The summed E-state index contributed by atoms with van der Waals surface area (Å²) in [4.78, 5) is 29.1. The van der Waals surface area contributed by atoms with E-state index in [1.165, 1.54) is 6.07 Å². The molecule has 0 saturated carbocycles. The average Bonchev–Trinajstić information content (AvgIpc) is 2.73. The van der Waals surface area contributed by atoms with Crippen LogP contribution in [0, 0.1) is 0 Å². The van der Waals surface area contributed by atoms with Gasteiger partial charge in [-0.2, -0.15) is 0 Å². The molecule has 7 nitrogen and oxygen atoms in total. The van der Waals surface area contributed by atoms with E-state index in [0.29, 0.717) is 12.3 Å². The maximum atomic E-state index is 12.1. The van der Waals surface area contributed by atoms with Gasteiger partial charge in [-0.15, -0.1) is 0 Å². The largest absolute Gasteiger partial charge is 0.483 e. The number of aryl methyl sites for hydroxylation is 1. The molecule has 1 amide bonds. The summed E-state index contributed by atoms with van der Waals surface area (Å²) in [6.07, 6.45) is 0.923. The van der Waals surface area contributed by atoms with Crippen molar-refractivity contribution in [2.75, 3.05) is 52.4 Å². The zero-order chi connectivity index (χ0) is 19.9. The van der Waals surface area contributed by atoms with Crippen molar-refractivity contribution in [1.82, 2.24) is 19.7 Å². The van der Waals surface area contributed by atoms with Crippen molar-refractivity contribution in [1.29, 1.82) is 0 Å². The first-order valence-electron chi connectivity index (χ1n) is 10.0. The predicted molar refractivity (Wildman–Crippen MR) is 111 cm³/mol. The number of nitrogens with zero attached hydrogens (tertiary/aromatic N) is 3. The highest BCUT2D eigenvalue weighted by Gasteiger charge is 2.15. The molecule has 2 heterocycles. The van der Waals surface area contributed by atoms with Crippen LogP contribution < -0.4 is 15.6 Å². The Morgan fingerprint density at radius 1 is 1.14 bits per heavy atom. The summed E-state index contributed by atoms with van der Waals surface area (Å²) in [5, 5.41) is 3.72. The molecule has 0 bridgehead atoms. The number of benzene rings is 1. The Balaban J connectivity index is 1.42. The number of pyridine rings is 1. The second-order valence-corrected chi connectivity index (χ2v) is 7.19. The molecule has 1 fully saturated rings. The van der Waals surface area contributed by atoms with Gasteiger partial charge in [-0.25, -0.2) is 0 Å². The molecule has 0 spiro atoms. The Labute approximate surface area is 165 Å². The maximum Gasteiger partial charge on any atom is 0.257 e. The Kier molecular flexibility index (Phi) is 7.06. The van der Waals surface area contributed by atoms with E-state index in [2.05, 4.69) is 22.0 Å². The van der Waals surface area contributed by atoms with E-state index in [-0.39, 0.29) is 18.1 Å². The average molecular weight is 386 g/mol. The lowest BCUT2D eigenvalue weighted by Gasteiger charge is -2.33. The monoisotopic (exact) mass is 386 g/mol. The van der Waals surface area contributed by atoms with Crippen LogP contribution in [0.3, 0.4) is 0 Å². The van der Waals surface area contributed by atoms with Gasteiger partial charge in [0.05, 0.1) is 5.52 Å². The van der Waals surface area contributed by atoms with Crippen LogP contribution in [0.25, 0.3) is 10.9 Å². The minimum absolute atomic E-state index is 0.0909. The zero-order valence-electron chi connectivity index (χ0n) is 16.8. The first kappa shape index (κ1) is 20.4. The number of nitrogens with one attached hydrogen (secondary N) is 1. The van der Waals surface area contributed by atoms with Crippen molar-refractivity contribution >= 4 is 16.8 Å². The Morgan fingerprint density at radius 2 is 1.86 bits per heavy atom. The third kappa shape index (κ3) is 5.11. The van der Waals surface area contributed by atoms with Crippen LogP contribution in [0.5, 0.6) is 5.75 Å². The number of carbonyl (C=O) groups is 1. The topological polar surface area (TPSA) is 66.8 Å². The van der Waals surface area contributed by atoms with E-state index < -0.39 is 0 Å². The molecule has 28 heavy (non-hydrogen) atoms. The second kappa shape index (κ2) is 9.71. The molecule has 1 aliphatic rings. The predicted octanol–water partition coefficient (Wildman–Crippen LogP) is 1.06. The molecule has 1 aromatic carbocycles. The van der Waals surface area contributed by atoms with Crippen LogP contribution in [0.15, 0.2) is 35.1 Å². The molecule has 0 atom stereocenters. The number of fused-ring (bicyclic) bond motifs is 1. The molecule has 1 aromatic heterocycles. The number of para-hydroxylation sites is 1. The minimum atomic E-state index is -0.166.